The summed E-state index contributed by atoms with van der Waals surface area (Å²) in [5, 5.41) is 20.7. The lowest BCUT2D eigenvalue weighted by molar-refractivity contribution is -0.0283. The molecule has 1 aliphatic heterocycles. The molecule has 1 aliphatic carbocycles. The first kappa shape index (κ1) is 14.1. The molecular formula is C17H25NO2. The van der Waals surface area contributed by atoms with Crippen LogP contribution in [0.25, 0.3) is 0 Å². The number of benzene rings is 1. The van der Waals surface area contributed by atoms with Gasteiger partial charge < -0.3 is 10.2 Å². The first-order valence-electron chi connectivity index (χ1n) is 7.91. The standard InChI is InChI=1S/C17H25NO2/c19-16-9-5-4-8-15(16)18-11-10-14(17(20)12-18)13-6-2-1-3-7-13/h1-3,6-7,14-17,19-20H,4-5,8-12H2. The summed E-state index contributed by atoms with van der Waals surface area (Å²) in [6.07, 6.45) is 4.79. The normalized spacial score (nSPS) is 35.9. The van der Waals surface area contributed by atoms with E-state index in [0.717, 1.165) is 32.2 Å². The molecule has 1 aromatic rings. The Hall–Kier alpha value is -0.900. The number of likely N-dealkylation sites (tertiary alicyclic amines) is 1. The Kier molecular flexibility index (Phi) is 4.39. The molecule has 0 spiro atoms. The summed E-state index contributed by atoms with van der Waals surface area (Å²) in [5.74, 6) is 0.244. The molecular weight excluding hydrogens is 250 g/mol. The van der Waals surface area contributed by atoms with Gasteiger partial charge in [-0.1, -0.05) is 43.2 Å². The maximum atomic E-state index is 10.5. The van der Waals surface area contributed by atoms with Gasteiger partial charge in [-0.2, -0.15) is 0 Å². The molecule has 1 heterocycles. The van der Waals surface area contributed by atoms with Crippen LogP contribution in [0.15, 0.2) is 30.3 Å². The van der Waals surface area contributed by atoms with Crippen LogP contribution in [-0.2, 0) is 0 Å². The zero-order valence-electron chi connectivity index (χ0n) is 12.0. The Bertz CT molecular complexity index is 422. The molecule has 2 N–H and O–H groups in total. The summed E-state index contributed by atoms with van der Waals surface area (Å²) in [7, 11) is 0. The monoisotopic (exact) mass is 275 g/mol. The molecule has 3 rings (SSSR count). The number of rotatable bonds is 2. The third kappa shape index (κ3) is 2.90. The molecule has 0 radical (unpaired) electrons. The Morgan fingerprint density at radius 1 is 0.900 bits per heavy atom. The first-order chi connectivity index (χ1) is 9.75. The topological polar surface area (TPSA) is 43.7 Å². The summed E-state index contributed by atoms with van der Waals surface area (Å²) in [6, 6.07) is 10.6. The molecule has 1 aromatic carbocycles. The quantitative estimate of drug-likeness (QED) is 0.869. The van der Waals surface area contributed by atoms with Gasteiger partial charge in [0.1, 0.15) is 0 Å². The van der Waals surface area contributed by atoms with Crippen molar-refractivity contribution in [3.8, 4) is 0 Å². The maximum absolute atomic E-state index is 10.5. The van der Waals surface area contributed by atoms with Crippen LogP contribution in [0.2, 0.25) is 0 Å². The van der Waals surface area contributed by atoms with E-state index in [1.807, 2.05) is 18.2 Å². The van der Waals surface area contributed by atoms with E-state index in [1.165, 1.54) is 12.0 Å². The smallest absolute Gasteiger partial charge is 0.0736 e. The molecule has 0 aromatic heterocycles. The lowest BCUT2D eigenvalue weighted by atomic mass is 9.84. The van der Waals surface area contributed by atoms with Crippen molar-refractivity contribution in [1.29, 1.82) is 0 Å². The predicted molar refractivity (Wildman–Crippen MR) is 79.6 cm³/mol. The minimum Gasteiger partial charge on any atom is -0.391 e. The lowest BCUT2D eigenvalue weighted by Crippen LogP contribution is -2.52. The van der Waals surface area contributed by atoms with Gasteiger partial charge in [0.25, 0.3) is 0 Å². The number of β-amino-alcohol motifs (C(OH)–C–C–N with tert-alkyl or cyclic N) is 1. The average molecular weight is 275 g/mol. The van der Waals surface area contributed by atoms with Gasteiger partial charge in [-0.05, 0) is 31.4 Å². The second kappa shape index (κ2) is 6.25. The molecule has 3 heteroatoms. The molecule has 2 aliphatic rings. The molecule has 110 valence electrons. The highest BCUT2D eigenvalue weighted by Crippen LogP contribution is 2.32. The summed E-state index contributed by atoms with van der Waals surface area (Å²) in [6.45, 7) is 1.68. The summed E-state index contributed by atoms with van der Waals surface area (Å²) < 4.78 is 0. The van der Waals surface area contributed by atoms with Crippen LogP contribution in [0.3, 0.4) is 0 Å². The summed E-state index contributed by atoms with van der Waals surface area (Å²) >= 11 is 0. The molecule has 20 heavy (non-hydrogen) atoms. The van der Waals surface area contributed by atoms with Gasteiger partial charge in [0.2, 0.25) is 0 Å². The van der Waals surface area contributed by atoms with Crippen LogP contribution in [0.4, 0.5) is 0 Å². The molecule has 4 unspecified atom stereocenters. The number of aliphatic hydroxyl groups is 2. The summed E-state index contributed by atoms with van der Waals surface area (Å²) in [5.41, 5.74) is 1.24. The number of piperidine rings is 1. The van der Waals surface area contributed by atoms with Crippen LogP contribution in [0.5, 0.6) is 0 Å². The highest BCUT2D eigenvalue weighted by Gasteiger charge is 2.35. The predicted octanol–water partition coefficient (Wildman–Crippen LogP) is 2.14. The van der Waals surface area contributed by atoms with E-state index in [9.17, 15) is 10.2 Å². The Balaban J connectivity index is 1.64. The van der Waals surface area contributed by atoms with E-state index in [4.69, 9.17) is 0 Å². The largest absolute Gasteiger partial charge is 0.391 e. The fourth-order valence-electron chi connectivity index (χ4n) is 3.86. The highest BCUT2D eigenvalue weighted by molar-refractivity contribution is 5.21. The van der Waals surface area contributed by atoms with Gasteiger partial charge in [0.05, 0.1) is 12.2 Å². The number of hydrogen-bond acceptors (Lipinski definition) is 3. The van der Waals surface area contributed by atoms with E-state index in [0.29, 0.717) is 6.54 Å². The van der Waals surface area contributed by atoms with Gasteiger partial charge in [-0.15, -0.1) is 0 Å². The van der Waals surface area contributed by atoms with Crippen LogP contribution in [0.1, 0.15) is 43.6 Å². The molecule has 2 fully saturated rings. The van der Waals surface area contributed by atoms with Crippen LogP contribution in [-0.4, -0.2) is 46.5 Å². The van der Waals surface area contributed by atoms with E-state index in [2.05, 4.69) is 17.0 Å². The minimum atomic E-state index is -0.319. The highest BCUT2D eigenvalue weighted by atomic mass is 16.3. The molecule has 1 saturated heterocycles. The zero-order chi connectivity index (χ0) is 13.9. The zero-order valence-corrected chi connectivity index (χ0v) is 12.0. The van der Waals surface area contributed by atoms with Crippen molar-refractivity contribution in [2.45, 2.75) is 56.3 Å². The number of aliphatic hydroxyl groups excluding tert-OH is 2. The van der Waals surface area contributed by atoms with E-state index < -0.39 is 0 Å². The van der Waals surface area contributed by atoms with Crippen molar-refractivity contribution < 1.29 is 10.2 Å². The van der Waals surface area contributed by atoms with Crippen molar-refractivity contribution in [1.82, 2.24) is 4.90 Å². The van der Waals surface area contributed by atoms with Crippen LogP contribution < -0.4 is 0 Å². The SMILES string of the molecule is OC1CN(C2CCCCC2O)CCC1c1ccccc1. The Labute approximate surface area is 121 Å². The van der Waals surface area contributed by atoms with Gasteiger partial charge in [-0.3, -0.25) is 4.90 Å². The van der Waals surface area contributed by atoms with Gasteiger partial charge in [0.15, 0.2) is 0 Å². The summed E-state index contributed by atoms with van der Waals surface area (Å²) in [4.78, 5) is 2.31. The fraction of sp³-hybridized carbons (Fsp3) is 0.647. The third-order valence-corrected chi connectivity index (χ3v) is 5.00. The molecule has 0 bridgehead atoms. The third-order valence-electron chi connectivity index (χ3n) is 5.00. The fourth-order valence-corrected chi connectivity index (χ4v) is 3.86. The average Bonchev–Trinajstić information content (AvgIpc) is 2.48. The molecule has 1 saturated carbocycles. The number of hydrogen-bond donors (Lipinski definition) is 2. The van der Waals surface area contributed by atoms with Gasteiger partial charge >= 0.3 is 0 Å². The van der Waals surface area contributed by atoms with Crippen molar-refractivity contribution in [3.63, 3.8) is 0 Å². The van der Waals surface area contributed by atoms with Crippen molar-refractivity contribution in [3.05, 3.63) is 35.9 Å². The maximum Gasteiger partial charge on any atom is 0.0736 e. The second-order valence-corrected chi connectivity index (χ2v) is 6.29. The Morgan fingerprint density at radius 3 is 2.35 bits per heavy atom. The minimum absolute atomic E-state index is 0.204. The lowest BCUT2D eigenvalue weighted by Gasteiger charge is -2.43. The number of nitrogens with zero attached hydrogens (tertiary/aromatic N) is 1. The first-order valence-corrected chi connectivity index (χ1v) is 7.91. The molecule has 3 nitrogen and oxygen atoms in total. The van der Waals surface area contributed by atoms with Crippen molar-refractivity contribution >= 4 is 0 Å². The van der Waals surface area contributed by atoms with Gasteiger partial charge in [-0.25, -0.2) is 0 Å². The Morgan fingerprint density at radius 2 is 1.65 bits per heavy atom. The van der Waals surface area contributed by atoms with E-state index in [-0.39, 0.29) is 24.2 Å². The van der Waals surface area contributed by atoms with Crippen LogP contribution in [0, 0.1) is 0 Å². The van der Waals surface area contributed by atoms with Crippen LogP contribution >= 0.6 is 0 Å². The molecule has 4 atom stereocenters. The van der Waals surface area contributed by atoms with E-state index >= 15 is 0 Å². The van der Waals surface area contributed by atoms with Crippen molar-refractivity contribution in [2.75, 3.05) is 13.1 Å². The van der Waals surface area contributed by atoms with Gasteiger partial charge in [0, 0.05) is 18.5 Å². The second-order valence-electron chi connectivity index (χ2n) is 6.29. The van der Waals surface area contributed by atoms with E-state index in [1.54, 1.807) is 0 Å². The van der Waals surface area contributed by atoms with Crippen molar-refractivity contribution in [2.24, 2.45) is 0 Å². The molecule has 0 amide bonds.